The minimum atomic E-state index is -0.872. The lowest BCUT2D eigenvalue weighted by Crippen LogP contribution is -2.36. The first-order valence-electron chi connectivity index (χ1n) is 6.53. The van der Waals surface area contributed by atoms with Gasteiger partial charge in [-0.25, -0.2) is 0 Å². The van der Waals surface area contributed by atoms with Crippen LogP contribution in [0, 0.1) is 5.92 Å². The van der Waals surface area contributed by atoms with Crippen molar-refractivity contribution in [2.24, 2.45) is 5.92 Å². The van der Waals surface area contributed by atoms with Gasteiger partial charge in [0.25, 0.3) is 5.91 Å². The van der Waals surface area contributed by atoms with Crippen LogP contribution >= 0.6 is 11.3 Å². The summed E-state index contributed by atoms with van der Waals surface area (Å²) in [5.41, 5.74) is 1.04. The van der Waals surface area contributed by atoms with E-state index in [1.807, 2.05) is 32.2 Å². The molecule has 0 radical (unpaired) electrons. The number of rotatable bonds is 7. The lowest BCUT2D eigenvalue weighted by atomic mass is 10.1. The molecule has 0 fully saturated rings. The number of amides is 1. The first kappa shape index (κ1) is 15.7. The van der Waals surface area contributed by atoms with Crippen LogP contribution < -0.4 is 0 Å². The van der Waals surface area contributed by atoms with Gasteiger partial charge in [0.1, 0.15) is 0 Å². The fraction of sp³-hybridized carbons (Fsp3) is 0.571. The number of hydrogen-bond donors (Lipinski definition) is 1. The monoisotopic (exact) mass is 283 g/mol. The Bertz CT molecular complexity index is 440. The Morgan fingerprint density at radius 1 is 1.42 bits per heavy atom. The highest BCUT2D eigenvalue weighted by Crippen LogP contribution is 2.20. The summed E-state index contributed by atoms with van der Waals surface area (Å²) >= 11 is 1.43. The number of carboxylic acids is 1. The van der Waals surface area contributed by atoms with Crippen LogP contribution in [0.15, 0.2) is 11.4 Å². The van der Waals surface area contributed by atoms with Gasteiger partial charge in [-0.1, -0.05) is 20.8 Å². The smallest absolute Gasteiger partial charge is 0.305 e. The fourth-order valence-corrected chi connectivity index (χ4v) is 2.85. The third kappa shape index (κ3) is 4.67. The molecule has 19 heavy (non-hydrogen) atoms. The lowest BCUT2D eigenvalue weighted by molar-refractivity contribution is -0.137. The predicted molar refractivity (Wildman–Crippen MR) is 76.7 cm³/mol. The summed E-state index contributed by atoms with van der Waals surface area (Å²) in [5.74, 6) is -0.590. The molecule has 1 rings (SSSR count). The van der Waals surface area contributed by atoms with E-state index in [0.29, 0.717) is 12.5 Å². The number of aliphatic carboxylic acids is 1. The van der Waals surface area contributed by atoms with Crippen LogP contribution in [0.4, 0.5) is 0 Å². The lowest BCUT2D eigenvalue weighted by Gasteiger charge is -2.24. The van der Waals surface area contributed by atoms with E-state index >= 15 is 0 Å². The van der Waals surface area contributed by atoms with Crippen LogP contribution in [0.1, 0.15) is 42.4 Å². The molecule has 1 heterocycles. The summed E-state index contributed by atoms with van der Waals surface area (Å²) in [6.45, 7) is 6.93. The Hall–Kier alpha value is -1.36. The van der Waals surface area contributed by atoms with E-state index in [0.717, 1.165) is 16.9 Å². The van der Waals surface area contributed by atoms with E-state index in [-0.39, 0.29) is 18.9 Å². The van der Waals surface area contributed by atoms with Crippen LogP contribution in [0.2, 0.25) is 0 Å². The second-order valence-corrected chi connectivity index (χ2v) is 5.83. The molecule has 0 bridgehead atoms. The van der Waals surface area contributed by atoms with Crippen LogP contribution in [-0.2, 0) is 11.2 Å². The summed E-state index contributed by atoms with van der Waals surface area (Å²) in [6, 6.07) is 1.96. The number of carbonyl (C=O) groups is 2. The standard InChI is InChI=1S/C14H21NO3S/c1-4-11-6-8-19-13(11)14(18)15(9-10(2)3)7-5-12(16)17/h6,8,10H,4-5,7,9H2,1-3H3,(H,16,17). The second kappa shape index (κ2) is 7.28. The van der Waals surface area contributed by atoms with E-state index in [4.69, 9.17) is 5.11 Å². The van der Waals surface area contributed by atoms with Gasteiger partial charge in [-0.15, -0.1) is 11.3 Å². The Morgan fingerprint density at radius 2 is 2.11 bits per heavy atom. The SMILES string of the molecule is CCc1ccsc1C(=O)N(CCC(=O)O)CC(C)C. The summed E-state index contributed by atoms with van der Waals surface area (Å²) in [6.07, 6.45) is 0.810. The molecule has 0 aliphatic heterocycles. The van der Waals surface area contributed by atoms with Gasteiger partial charge in [0, 0.05) is 13.1 Å². The van der Waals surface area contributed by atoms with E-state index in [1.165, 1.54) is 11.3 Å². The molecule has 0 aliphatic rings. The van der Waals surface area contributed by atoms with Gasteiger partial charge in [-0.3, -0.25) is 9.59 Å². The van der Waals surface area contributed by atoms with Gasteiger partial charge in [0.2, 0.25) is 0 Å². The molecule has 1 aromatic rings. The number of carbonyl (C=O) groups excluding carboxylic acids is 1. The number of carboxylic acid groups (broad SMARTS) is 1. The van der Waals surface area contributed by atoms with Crippen molar-refractivity contribution in [3.8, 4) is 0 Å². The molecule has 1 aromatic heterocycles. The molecule has 1 N–H and O–H groups in total. The van der Waals surface area contributed by atoms with Gasteiger partial charge in [0.15, 0.2) is 0 Å². The van der Waals surface area contributed by atoms with Gasteiger partial charge in [0.05, 0.1) is 11.3 Å². The molecule has 0 atom stereocenters. The van der Waals surface area contributed by atoms with Crippen LogP contribution in [-0.4, -0.2) is 35.0 Å². The summed E-state index contributed by atoms with van der Waals surface area (Å²) < 4.78 is 0. The molecule has 0 saturated carbocycles. The van der Waals surface area contributed by atoms with Crippen molar-refractivity contribution in [1.29, 1.82) is 0 Å². The quantitative estimate of drug-likeness (QED) is 0.837. The maximum Gasteiger partial charge on any atom is 0.305 e. The van der Waals surface area contributed by atoms with Crippen molar-refractivity contribution in [3.63, 3.8) is 0 Å². The van der Waals surface area contributed by atoms with Crippen LogP contribution in [0.5, 0.6) is 0 Å². The maximum absolute atomic E-state index is 12.5. The highest BCUT2D eigenvalue weighted by atomic mass is 32.1. The molecule has 0 aliphatic carbocycles. The third-order valence-corrected chi connectivity index (χ3v) is 3.73. The van der Waals surface area contributed by atoms with Crippen molar-refractivity contribution in [1.82, 2.24) is 4.90 Å². The minimum absolute atomic E-state index is 0.00864. The Labute approximate surface area is 118 Å². The first-order chi connectivity index (χ1) is 8.95. The Morgan fingerprint density at radius 3 is 2.63 bits per heavy atom. The average Bonchev–Trinajstić information content (AvgIpc) is 2.81. The first-order valence-corrected chi connectivity index (χ1v) is 7.41. The van der Waals surface area contributed by atoms with E-state index in [2.05, 4.69) is 0 Å². The van der Waals surface area contributed by atoms with Gasteiger partial charge < -0.3 is 10.0 Å². The zero-order valence-corrected chi connectivity index (χ0v) is 12.5. The normalized spacial score (nSPS) is 10.7. The molecule has 106 valence electrons. The number of thiophene rings is 1. The Kier molecular flexibility index (Phi) is 6.02. The summed E-state index contributed by atoms with van der Waals surface area (Å²) in [7, 11) is 0. The topological polar surface area (TPSA) is 57.6 Å². The number of nitrogens with zero attached hydrogens (tertiary/aromatic N) is 1. The van der Waals surface area contributed by atoms with Crippen molar-refractivity contribution < 1.29 is 14.7 Å². The van der Waals surface area contributed by atoms with E-state index in [1.54, 1.807) is 4.90 Å². The Balaban J connectivity index is 2.84. The number of aryl methyl sites for hydroxylation is 1. The van der Waals surface area contributed by atoms with Crippen molar-refractivity contribution in [2.45, 2.75) is 33.6 Å². The zero-order valence-electron chi connectivity index (χ0n) is 11.7. The average molecular weight is 283 g/mol. The van der Waals surface area contributed by atoms with Gasteiger partial charge in [-0.05, 0) is 29.3 Å². The largest absolute Gasteiger partial charge is 0.481 e. The second-order valence-electron chi connectivity index (χ2n) is 4.92. The summed E-state index contributed by atoms with van der Waals surface area (Å²) in [4.78, 5) is 25.6. The highest BCUT2D eigenvalue weighted by molar-refractivity contribution is 7.12. The molecule has 0 unspecified atom stereocenters. The predicted octanol–water partition coefficient (Wildman–Crippen LogP) is 2.88. The van der Waals surface area contributed by atoms with E-state index < -0.39 is 5.97 Å². The van der Waals surface area contributed by atoms with Crippen molar-refractivity contribution in [2.75, 3.05) is 13.1 Å². The van der Waals surface area contributed by atoms with Crippen molar-refractivity contribution >= 4 is 23.2 Å². The minimum Gasteiger partial charge on any atom is -0.481 e. The fourth-order valence-electron chi connectivity index (χ4n) is 1.89. The maximum atomic E-state index is 12.5. The van der Waals surface area contributed by atoms with Gasteiger partial charge in [-0.2, -0.15) is 0 Å². The third-order valence-electron chi connectivity index (χ3n) is 2.79. The van der Waals surface area contributed by atoms with E-state index in [9.17, 15) is 9.59 Å². The molecule has 4 nitrogen and oxygen atoms in total. The molecular weight excluding hydrogens is 262 g/mol. The van der Waals surface area contributed by atoms with Gasteiger partial charge >= 0.3 is 5.97 Å². The summed E-state index contributed by atoms with van der Waals surface area (Å²) in [5, 5.41) is 10.7. The molecule has 0 aromatic carbocycles. The zero-order chi connectivity index (χ0) is 14.4. The van der Waals surface area contributed by atoms with Crippen LogP contribution in [0.25, 0.3) is 0 Å². The number of hydrogen-bond acceptors (Lipinski definition) is 3. The molecule has 0 spiro atoms. The molecule has 1 amide bonds. The van der Waals surface area contributed by atoms with Crippen LogP contribution in [0.3, 0.4) is 0 Å². The molecule has 5 heteroatoms. The highest BCUT2D eigenvalue weighted by Gasteiger charge is 2.21. The molecule has 0 saturated heterocycles. The van der Waals surface area contributed by atoms with Crippen molar-refractivity contribution in [3.05, 3.63) is 21.9 Å². The molecular formula is C14H21NO3S.